The van der Waals surface area contributed by atoms with Crippen molar-refractivity contribution < 1.29 is 17.9 Å². The van der Waals surface area contributed by atoms with E-state index >= 15 is 0 Å². The summed E-state index contributed by atoms with van der Waals surface area (Å²) in [4.78, 5) is 27.4. The first-order valence-corrected chi connectivity index (χ1v) is 13.1. The lowest BCUT2D eigenvalue weighted by Crippen LogP contribution is -2.39. The van der Waals surface area contributed by atoms with Crippen LogP contribution in [0.5, 0.6) is 5.75 Å². The molecule has 9 nitrogen and oxygen atoms in total. The van der Waals surface area contributed by atoms with E-state index in [1.807, 2.05) is 24.3 Å². The van der Waals surface area contributed by atoms with Crippen LogP contribution in [0.2, 0.25) is 0 Å². The van der Waals surface area contributed by atoms with Crippen LogP contribution in [0, 0.1) is 0 Å². The van der Waals surface area contributed by atoms with E-state index in [2.05, 4.69) is 10.2 Å². The van der Waals surface area contributed by atoms with Crippen molar-refractivity contribution >= 4 is 15.9 Å². The maximum Gasteiger partial charge on any atom is 0.251 e. The van der Waals surface area contributed by atoms with Gasteiger partial charge >= 0.3 is 0 Å². The molecule has 1 saturated heterocycles. The predicted molar refractivity (Wildman–Crippen MR) is 130 cm³/mol. The number of carbonyl (C=O) groups is 1. The fraction of sp³-hybridized carbons (Fsp3) is 0.500. The molecule has 34 heavy (non-hydrogen) atoms. The molecule has 0 aliphatic carbocycles. The summed E-state index contributed by atoms with van der Waals surface area (Å²) in [5, 5.41) is 2.93. The lowest BCUT2D eigenvalue weighted by atomic mass is 10.0. The number of ether oxygens (including phenoxy) is 1. The predicted octanol–water partition coefficient (Wildman–Crippen LogP) is 1.84. The molecule has 0 radical (unpaired) electrons. The molecule has 1 aromatic carbocycles. The van der Waals surface area contributed by atoms with Gasteiger partial charge < -0.3 is 14.6 Å². The normalized spacial score (nSPS) is 15.4. The zero-order valence-corrected chi connectivity index (χ0v) is 20.9. The van der Waals surface area contributed by atoms with Gasteiger partial charge in [0.05, 0.1) is 18.0 Å². The maximum atomic E-state index is 12.8. The van der Waals surface area contributed by atoms with E-state index < -0.39 is 15.6 Å². The van der Waals surface area contributed by atoms with Gasteiger partial charge in [0.25, 0.3) is 5.56 Å². The Labute approximate surface area is 201 Å². The molecule has 1 aromatic heterocycles. The van der Waals surface area contributed by atoms with Crippen molar-refractivity contribution in [3.05, 3.63) is 58.5 Å². The highest BCUT2D eigenvalue weighted by molar-refractivity contribution is 7.89. The summed E-state index contributed by atoms with van der Waals surface area (Å²) in [5.41, 5.74) is 0.614. The van der Waals surface area contributed by atoms with Gasteiger partial charge in [-0.05, 0) is 49.7 Å². The average molecular weight is 491 g/mol. The molecule has 186 valence electrons. The molecule has 1 N–H and O–H groups in total. The summed E-state index contributed by atoms with van der Waals surface area (Å²) in [6.45, 7) is 6.16. The van der Waals surface area contributed by atoms with E-state index in [4.69, 9.17) is 4.74 Å². The van der Waals surface area contributed by atoms with Crippen LogP contribution in [-0.4, -0.2) is 67.9 Å². The van der Waals surface area contributed by atoms with Crippen molar-refractivity contribution in [3.63, 3.8) is 0 Å². The number of benzene rings is 1. The molecule has 1 fully saturated rings. The molecule has 10 heteroatoms. The third kappa shape index (κ3) is 6.05. The van der Waals surface area contributed by atoms with Crippen molar-refractivity contribution in [2.75, 3.05) is 39.8 Å². The van der Waals surface area contributed by atoms with Crippen molar-refractivity contribution in [2.24, 2.45) is 0 Å². The van der Waals surface area contributed by atoms with Gasteiger partial charge in [-0.2, -0.15) is 4.31 Å². The number of hydrogen-bond donors (Lipinski definition) is 1. The lowest BCUT2D eigenvalue weighted by Gasteiger charge is -2.28. The van der Waals surface area contributed by atoms with Gasteiger partial charge in [-0.1, -0.05) is 26.0 Å². The molecule has 0 bridgehead atoms. The van der Waals surface area contributed by atoms with E-state index in [-0.39, 0.29) is 23.4 Å². The minimum Gasteiger partial charge on any atom is -0.497 e. The molecule has 1 aliphatic heterocycles. The van der Waals surface area contributed by atoms with Crippen LogP contribution in [0.15, 0.2) is 52.3 Å². The molecule has 2 aromatic rings. The SMILES string of the molecule is CCN(CC)S(=O)(=O)c1ccc(=O)n(CC(=O)NC[C@@H](c2cccc(OC)c2)N2CCCC2)c1. The van der Waals surface area contributed by atoms with Crippen molar-refractivity contribution in [3.8, 4) is 5.75 Å². The van der Waals surface area contributed by atoms with Crippen LogP contribution in [0.25, 0.3) is 0 Å². The number of amides is 1. The van der Waals surface area contributed by atoms with Crippen LogP contribution in [0.3, 0.4) is 0 Å². The maximum absolute atomic E-state index is 12.8. The number of hydrogen-bond acceptors (Lipinski definition) is 6. The smallest absolute Gasteiger partial charge is 0.251 e. The van der Waals surface area contributed by atoms with E-state index in [1.165, 1.54) is 22.6 Å². The highest BCUT2D eigenvalue weighted by Gasteiger charge is 2.25. The fourth-order valence-corrected chi connectivity index (χ4v) is 5.76. The van der Waals surface area contributed by atoms with E-state index in [0.717, 1.165) is 41.8 Å². The topological polar surface area (TPSA) is 101 Å². The van der Waals surface area contributed by atoms with Crippen molar-refractivity contribution in [2.45, 2.75) is 44.2 Å². The second-order valence-corrected chi connectivity index (χ2v) is 10.2. The highest BCUT2D eigenvalue weighted by atomic mass is 32.2. The summed E-state index contributed by atoms with van der Waals surface area (Å²) in [6.07, 6.45) is 3.46. The summed E-state index contributed by atoms with van der Waals surface area (Å²) >= 11 is 0. The van der Waals surface area contributed by atoms with Gasteiger partial charge in [-0.3, -0.25) is 14.5 Å². The number of aromatic nitrogens is 1. The monoisotopic (exact) mass is 490 g/mol. The second kappa shape index (κ2) is 11.6. The molecule has 2 heterocycles. The first-order chi connectivity index (χ1) is 16.3. The van der Waals surface area contributed by atoms with Crippen molar-refractivity contribution in [1.29, 1.82) is 0 Å². The Morgan fingerprint density at radius 2 is 1.85 bits per heavy atom. The number of likely N-dealkylation sites (tertiary alicyclic amines) is 1. The molecule has 0 saturated carbocycles. The summed E-state index contributed by atoms with van der Waals surface area (Å²) < 4.78 is 33.4. The van der Waals surface area contributed by atoms with Gasteiger partial charge in [0.15, 0.2) is 0 Å². The Kier molecular flexibility index (Phi) is 8.87. The van der Waals surface area contributed by atoms with Crippen molar-refractivity contribution in [1.82, 2.24) is 19.1 Å². The number of methoxy groups -OCH3 is 1. The van der Waals surface area contributed by atoms with E-state index in [9.17, 15) is 18.0 Å². The second-order valence-electron chi connectivity index (χ2n) is 8.26. The first kappa shape index (κ1) is 25.9. The quantitative estimate of drug-likeness (QED) is 0.516. The van der Waals surface area contributed by atoms with Gasteiger partial charge in [0.2, 0.25) is 15.9 Å². The molecule has 0 unspecified atom stereocenters. The number of sulfonamides is 1. The lowest BCUT2D eigenvalue weighted by molar-refractivity contribution is -0.122. The molecule has 1 aliphatic rings. The number of carbonyl (C=O) groups excluding carboxylic acids is 1. The van der Waals surface area contributed by atoms with E-state index in [0.29, 0.717) is 19.6 Å². The Balaban J connectivity index is 1.74. The van der Waals surface area contributed by atoms with Gasteiger partial charge in [0.1, 0.15) is 12.3 Å². The van der Waals surface area contributed by atoms with Crippen LogP contribution in [0.1, 0.15) is 38.3 Å². The third-order valence-corrected chi connectivity index (χ3v) is 8.20. The van der Waals surface area contributed by atoms with Gasteiger partial charge in [0, 0.05) is 31.9 Å². The average Bonchev–Trinajstić information content (AvgIpc) is 3.36. The van der Waals surface area contributed by atoms with Crippen LogP contribution >= 0.6 is 0 Å². The molecule has 3 rings (SSSR count). The van der Waals surface area contributed by atoms with Gasteiger partial charge in [-0.25, -0.2) is 8.42 Å². The van der Waals surface area contributed by atoms with Crippen LogP contribution in [-0.2, 0) is 21.4 Å². The Morgan fingerprint density at radius 3 is 2.50 bits per heavy atom. The van der Waals surface area contributed by atoms with Crippen LogP contribution < -0.4 is 15.6 Å². The number of nitrogens with zero attached hydrogens (tertiary/aromatic N) is 3. The van der Waals surface area contributed by atoms with E-state index in [1.54, 1.807) is 21.0 Å². The molecular formula is C24H34N4O5S. The van der Waals surface area contributed by atoms with Crippen LogP contribution in [0.4, 0.5) is 0 Å². The number of rotatable bonds is 11. The summed E-state index contributed by atoms with van der Waals surface area (Å²) in [5.74, 6) is 0.400. The Morgan fingerprint density at radius 1 is 1.15 bits per heavy atom. The number of nitrogens with one attached hydrogen (secondary N) is 1. The minimum atomic E-state index is -3.73. The standard InChI is InChI=1S/C24H34N4O5S/c1-4-28(5-2)34(31,32)21-11-12-24(30)27(17-21)18-23(29)25-16-22(26-13-6-7-14-26)19-9-8-10-20(15-19)33-3/h8-12,15,17,22H,4-7,13-14,16,18H2,1-3H3,(H,25,29)/t22-/m0/s1. The highest BCUT2D eigenvalue weighted by Crippen LogP contribution is 2.27. The Hall–Kier alpha value is -2.69. The Bertz CT molecular complexity index is 1140. The number of pyridine rings is 1. The fourth-order valence-electron chi connectivity index (χ4n) is 4.28. The van der Waals surface area contributed by atoms with Gasteiger partial charge in [-0.15, -0.1) is 0 Å². The summed E-state index contributed by atoms with van der Waals surface area (Å²) in [6, 6.07) is 10.3. The first-order valence-electron chi connectivity index (χ1n) is 11.7. The molecule has 1 amide bonds. The zero-order chi connectivity index (χ0) is 24.7. The molecular weight excluding hydrogens is 456 g/mol. The molecule has 0 spiro atoms. The zero-order valence-electron chi connectivity index (χ0n) is 20.1. The summed E-state index contributed by atoms with van der Waals surface area (Å²) in [7, 11) is -2.11. The third-order valence-electron chi connectivity index (χ3n) is 6.17. The minimum absolute atomic E-state index is 0.00470. The largest absolute Gasteiger partial charge is 0.497 e. The molecule has 1 atom stereocenters.